The van der Waals surface area contributed by atoms with Gasteiger partial charge in [-0.1, -0.05) is 12.8 Å². The lowest BCUT2D eigenvalue weighted by Gasteiger charge is -2.30. The molecular weight excluding hydrogens is 244 g/mol. The van der Waals surface area contributed by atoms with Crippen molar-refractivity contribution in [2.75, 3.05) is 13.2 Å². The van der Waals surface area contributed by atoms with Crippen LogP contribution < -0.4 is 11.1 Å². The SMILES string of the molecule is N#C[C@@H]1CC[C@H](N)N1C(=O)CNC1(CO)CCCC1. The van der Waals surface area contributed by atoms with Gasteiger partial charge in [-0.15, -0.1) is 0 Å². The number of hydrogen-bond donors (Lipinski definition) is 3. The van der Waals surface area contributed by atoms with E-state index in [1.807, 2.05) is 0 Å². The molecule has 0 spiro atoms. The molecule has 1 amide bonds. The molecule has 0 aromatic carbocycles. The highest BCUT2D eigenvalue weighted by Crippen LogP contribution is 2.29. The summed E-state index contributed by atoms with van der Waals surface area (Å²) in [5.41, 5.74) is 5.55. The highest BCUT2D eigenvalue weighted by atomic mass is 16.3. The Balaban J connectivity index is 1.92. The van der Waals surface area contributed by atoms with Gasteiger partial charge in [-0.25, -0.2) is 0 Å². The monoisotopic (exact) mass is 266 g/mol. The normalized spacial score (nSPS) is 29.4. The van der Waals surface area contributed by atoms with Crippen molar-refractivity contribution in [3.05, 3.63) is 0 Å². The van der Waals surface area contributed by atoms with Crippen molar-refractivity contribution >= 4 is 5.91 Å². The minimum Gasteiger partial charge on any atom is -0.394 e. The maximum absolute atomic E-state index is 12.2. The van der Waals surface area contributed by atoms with E-state index in [9.17, 15) is 9.90 Å². The van der Waals surface area contributed by atoms with Crippen LogP contribution >= 0.6 is 0 Å². The third-order valence-corrected chi connectivity index (χ3v) is 4.34. The van der Waals surface area contributed by atoms with Gasteiger partial charge in [0.25, 0.3) is 0 Å². The van der Waals surface area contributed by atoms with E-state index in [1.54, 1.807) is 0 Å². The van der Waals surface area contributed by atoms with E-state index < -0.39 is 6.04 Å². The molecule has 106 valence electrons. The van der Waals surface area contributed by atoms with Gasteiger partial charge in [-0.3, -0.25) is 4.79 Å². The molecule has 0 aromatic heterocycles. The lowest BCUT2D eigenvalue weighted by molar-refractivity contribution is -0.132. The average molecular weight is 266 g/mol. The van der Waals surface area contributed by atoms with Crippen molar-refractivity contribution in [2.45, 2.75) is 56.3 Å². The fraction of sp³-hybridized carbons (Fsp3) is 0.846. The summed E-state index contributed by atoms with van der Waals surface area (Å²) in [6, 6.07) is 1.72. The van der Waals surface area contributed by atoms with Gasteiger partial charge < -0.3 is 21.1 Å². The summed E-state index contributed by atoms with van der Waals surface area (Å²) < 4.78 is 0. The number of carbonyl (C=O) groups excluding carboxylic acids is 1. The van der Waals surface area contributed by atoms with Crippen molar-refractivity contribution in [1.82, 2.24) is 10.2 Å². The second-order valence-corrected chi connectivity index (χ2v) is 5.59. The van der Waals surface area contributed by atoms with Crippen molar-refractivity contribution in [1.29, 1.82) is 5.26 Å². The van der Waals surface area contributed by atoms with Gasteiger partial charge in [0.05, 0.1) is 25.4 Å². The Labute approximate surface area is 113 Å². The summed E-state index contributed by atoms with van der Waals surface area (Å²) in [6.45, 7) is 0.195. The molecule has 19 heavy (non-hydrogen) atoms. The van der Waals surface area contributed by atoms with Crippen molar-refractivity contribution in [3.63, 3.8) is 0 Å². The fourth-order valence-corrected chi connectivity index (χ4v) is 3.12. The number of amides is 1. The quantitative estimate of drug-likeness (QED) is 0.647. The first-order valence-corrected chi connectivity index (χ1v) is 6.94. The average Bonchev–Trinajstić information content (AvgIpc) is 3.03. The van der Waals surface area contributed by atoms with Crippen LogP contribution in [0, 0.1) is 11.3 Å². The smallest absolute Gasteiger partial charge is 0.238 e. The molecule has 6 nitrogen and oxygen atoms in total. The first kappa shape index (κ1) is 14.3. The van der Waals surface area contributed by atoms with Gasteiger partial charge in [0.2, 0.25) is 5.91 Å². The molecular formula is C13H22N4O2. The maximum atomic E-state index is 12.2. The molecule has 1 aliphatic carbocycles. The highest BCUT2D eigenvalue weighted by Gasteiger charge is 2.37. The first-order valence-electron chi connectivity index (χ1n) is 6.94. The lowest BCUT2D eigenvalue weighted by atomic mass is 9.99. The Bertz CT molecular complexity index is 373. The number of likely N-dealkylation sites (tertiary alicyclic amines) is 1. The highest BCUT2D eigenvalue weighted by molar-refractivity contribution is 5.79. The molecule has 1 saturated carbocycles. The van der Waals surface area contributed by atoms with Gasteiger partial charge in [0, 0.05) is 5.54 Å². The van der Waals surface area contributed by atoms with Gasteiger partial charge in [-0.05, 0) is 25.7 Å². The van der Waals surface area contributed by atoms with Gasteiger partial charge >= 0.3 is 0 Å². The van der Waals surface area contributed by atoms with E-state index in [1.165, 1.54) is 4.90 Å². The maximum Gasteiger partial charge on any atom is 0.238 e. The Morgan fingerprint density at radius 2 is 2.16 bits per heavy atom. The van der Waals surface area contributed by atoms with Crippen LogP contribution in [0.15, 0.2) is 0 Å². The molecule has 4 N–H and O–H groups in total. The summed E-state index contributed by atoms with van der Waals surface area (Å²) in [7, 11) is 0. The number of hydrogen-bond acceptors (Lipinski definition) is 5. The van der Waals surface area contributed by atoms with Crippen LogP contribution in [0.3, 0.4) is 0 Å². The Morgan fingerprint density at radius 3 is 2.74 bits per heavy atom. The van der Waals surface area contributed by atoms with Crippen LogP contribution in [0.2, 0.25) is 0 Å². The Hall–Kier alpha value is -1.16. The molecule has 0 bridgehead atoms. The number of nitrogens with one attached hydrogen (secondary N) is 1. The van der Waals surface area contributed by atoms with Crippen molar-refractivity contribution in [2.24, 2.45) is 5.73 Å². The molecule has 2 fully saturated rings. The van der Waals surface area contributed by atoms with Crippen LogP contribution in [-0.2, 0) is 4.79 Å². The predicted octanol–water partition coefficient (Wildman–Crippen LogP) is -0.320. The minimum absolute atomic E-state index is 0.0496. The molecule has 0 radical (unpaired) electrons. The fourth-order valence-electron chi connectivity index (χ4n) is 3.12. The van der Waals surface area contributed by atoms with Crippen molar-refractivity contribution < 1.29 is 9.90 Å². The molecule has 0 aromatic rings. The summed E-state index contributed by atoms with van der Waals surface area (Å²) in [5.74, 6) is -0.142. The Morgan fingerprint density at radius 1 is 1.47 bits per heavy atom. The van der Waals surface area contributed by atoms with Gasteiger partial charge in [0.15, 0.2) is 0 Å². The van der Waals surface area contributed by atoms with E-state index in [0.717, 1.165) is 25.7 Å². The number of aliphatic hydroxyl groups is 1. The molecule has 0 unspecified atom stereocenters. The van der Waals surface area contributed by atoms with Gasteiger partial charge in [0.1, 0.15) is 6.04 Å². The first-order chi connectivity index (χ1) is 9.12. The van der Waals surface area contributed by atoms with E-state index in [4.69, 9.17) is 11.0 Å². The zero-order valence-corrected chi connectivity index (χ0v) is 11.1. The van der Waals surface area contributed by atoms with Crippen LogP contribution in [0.4, 0.5) is 0 Å². The van der Waals surface area contributed by atoms with E-state index in [0.29, 0.717) is 12.8 Å². The Kier molecular flexibility index (Phi) is 4.40. The van der Waals surface area contributed by atoms with Crippen molar-refractivity contribution in [3.8, 4) is 6.07 Å². The zero-order valence-electron chi connectivity index (χ0n) is 11.1. The summed E-state index contributed by atoms with van der Waals surface area (Å²) in [4.78, 5) is 13.7. The number of nitriles is 1. The standard InChI is InChI=1S/C13H22N4O2/c14-7-10-3-4-11(15)17(10)12(19)8-16-13(9-18)5-1-2-6-13/h10-11,16,18H,1-6,8-9,15H2/t10-,11+/m0/s1. The summed E-state index contributed by atoms with van der Waals surface area (Å²) >= 11 is 0. The molecule has 6 heteroatoms. The van der Waals surface area contributed by atoms with Gasteiger partial charge in [-0.2, -0.15) is 5.26 Å². The minimum atomic E-state index is -0.405. The third-order valence-electron chi connectivity index (χ3n) is 4.34. The number of nitrogens with zero attached hydrogens (tertiary/aromatic N) is 2. The number of carbonyl (C=O) groups is 1. The van der Waals surface area contributed by atoms with Crippen LogP contribution in [0.1, 0.15) is 38.5 Å². The number of rotatable bonds is 4. The molecule has 2 aliphatic rings. The molecule has 1 aliphatic heterocycles. The molecule has 2 atom stereocenters. The molecule has 1 saturated heterocycles. The second-order valence-electron chi connectivity index (χ2n) is 5.59. The second kappa shape index (κ2) is 5.87. The summed E-state index contributed by atoms with van der Waals surface area (Å²) in [6.07, 6.45) is 4.91. The largest absolute Gasteiger partial charge is 0.394 e. The molecule has 2 rings (SSSR count). The molecule has 1 heterocycles. The number of aliphatic hydroxyl groups excluding tert-OH is 1. The topological polar surface area (TPSA) is 102 Å². The third kappa shape index (κ3) is 2.89. The van der Waals surface area contributed by atoms with Crippen LogP contribution in [-0.4, -0.2) is 46.8 Å². The predicted molar refractivity (Wildman–Crippen MR) is 69.7 cm³/mol. The summed E-state index contributed by atoms with van der Waals surface area (Å²) in [5, 5.41) is 21.7. The zero-order chi connectivity index (χ0) is 13.9. The van der Waals surface area contributed by atoms with Crippen LogP contribution in [0.5, 0.6) is 0 Å². The lowest BCUT2D eigenvalue weighted by Crippen LogP contribution is -2.53. The van der Waals surface area contributed by atoms with Crippen LogP contribution in [0.25, 0.3) is 0 Å². The van der Waals surface area contributed by atoms with E-state index in [2.05, 4.69) is 11.4 Å². The number of nitrogens with two attached hydrogens (primary N) is 1. The van der Waals surface area contributed by atoms with E-state index >= 15 is 0 Å². The van der Waals surface area contributed by atoms with E-state index in [-0.39, 0.29) is 30.8 Å².